The largest absolute Gasteiger partial charge is 0.355 e. The Morgan fingerprint density at radius 3 is 2.44 bits per heavy atom. The molecular weight excluding hydrogens is 418 g/mol. The summed E-state index contributed by atoms with van der Waals surface area (Å²) >= 11 is 1.38. The van der Waals surface area contributed by atoms with Gasteiger partial charge >= 0.3 is 0 Å². The zero-order valence-electron chi connectivity index (χ0n) is 18.1. The Hall–Kier alpha value is -3.45. The van der Waals surface area contributed by atoms with Crippen LogP contribution in [0.25, 0.3) is 17.1 Å². The lowest BCUT2D eigenvalue weighted by atomic mass is 10.0. The van der Waals surface area contributed by atoms with E-state index in [4.69, 9.17) is 0 Å². The standard InChI is InChI=1S/C25H25N5OS/c1-18-8-10-22(11-9-18)30-24(21-12-14-26-15-13-21)28-29-25(30)32-17-23(31)27-16-19(2)20-6-4-3-5-7-20/h3-15,19H,16-17H2,1-2H3,(H,27,31). The molecule has 0 spiro atoms. The SMILES string of the molecule is Cc1ccc(-n2c(SCC(=O)NCC(C)c3ccccc3)nnc2-c2ccncc2)cc1. The number of pyridine rings is 1. The number of carbonyl (C=O) groups is 1. The molecule has 1 N–H and O–H groups in total. The minimum Gasteiger partial charge on any atom is -0.355 e. The quantitative estimate of drug-likeness (QED) is 0.401. The number of thioether (sulfide) groups is 1. The van der Waals surface area contributed by atoms with E-state index in [1.54, 1.807) is 12.4 Å². The maximum absolute atomic E-state index is 12.5. The van der Waals surface area contributed by atoms with Gasteiger partial charge in [-0.2, -0.15) is 0 Å². The topological polar surface area (TPSA) is 72.7 Å². The van der Waals surface area contributed by atoms with E-state index in [1.807, 2.05) is 47.0 Å². The van der Waals surface area contributed by atoms with Crippen LogP contribution in [0.15, 0.2) is 84.3 Å². The van der Waals surface area contributed by atoms with Gasteiger partial charge in [0.15, 0.2) is 11.0 Å². The lowest BCUT2D eigenvalue weighted by Crippen LogP contribution is -2.29. The molecular formula is C25H25N5OS. The zero-order valence-corrected chi connectivity index (χ0v) is 18.9. The first-order valence-corrected chi connectivity index (χ1v) is 11.5. The monoisotopic (exact) mass is 443 g/mol. The number of hydrogen-bond donors (Lipinski definition) is 1. The summed E-state index contributed by atoms with van der Waals surface area (Å²) in [5.74, 6) is 1.21. The van der Waals surface area contributed by atoms with Crippen molar-refractivity contribution in [1.82, 2.24) is 25.1 Å². The van der Waals surface area contributed by atoms with Gasteiger partial charge in [0.25, 0.3) is 0 Å². The summed E-state index contributed by atoms with van der Waals surface area (Å²) in [6.07, 6.45) is 3.47. The number of aromatic nitrogens is 4. The summed E-state index contributed by atoms with van der Waals surface area (Å²) in [5.41, 5.74) is 4.25. The van der Waals surface area contributed by atoms with Gasteiger partial charge in [0.05, 0.1) is 5.75 Å². The number of nitrogens with one attached hydrogen (secondary N) is 1. The third-order valence-corrected chi connectivity index (χ3v) is 6.10. The average Bonchev–Trinajstić information content (AvgIpc) is 3.27. The van der Waals surface area contributed by atoms with E-state index in [2.05, 4.69) is 58.6 Å². The second kappa shape index (κ2) is 10.2. The number of carbonyl (C=O) groups excluding carboxylic acids is 1. The highest BCUT2D eigenvalue weighted by atomic mass is 32.2. The number of rotatable bonds is 8. The fraction of sp³-hybridized carbons (Fsp3) is 0.200. The van der Waals surface area contributed by atoms with Gasteiger partial charge in [-0.15, -0.1) is 10.2 Å². The molecule has 162 valence electrons. The Morgan fingerprint density at radius 2 is 1.72 bits per heavy atom. The molecule has 0 fully saturated rings. The zero-order chi connectivity index (χ0) is 22.3. The van der Waals surface area contributed by atoms with Crippen molar-refractivity contribution in [2.75, 3.05) is 12.3 Å². The minimum absolute atomic E-state index is 0.0262. The molecule has 2 aromatic heterocycles. The number of aryl methyl sites for hydroxylation is 1. The number of amides is 1. The molecule has 4 aromatic rings. The first-order chi connectivity index (χ1) is 15.6. The Bertz CT molecular complexity index is 1160. The van der Waals surface area contributed by atoms with Crippen LogP contribution in [-0.2, 0) is 4.79 Å². The first-order valence-electron chi connectivity index (χ1n) is 10.5. The van der Waals surface area contributed by atoms with Gasteiger partial charge in [-0.25, -0.2) is 0 Å². The minimum atomic E-state index is -0.0262. The van der Waals surface area contributed by atoms with Crippen LogP contribution in [0.3, 0.4) is 0 Å². The van der Waals surface area contributed by atoms with Crippen LogP contribution in [0.5, 0.6) is 0 Å². The summed E-state index contributed by atoms with van der Waals surface area (Å²) in [7, 11) is 0. The third kappa shape index (κ3) is 5.23. The van der Waals surface area contributed by atoms with Gasteiger partial charge in [-0.1, -0.05) is 66.7 Å². The third-order valence-electron chi connectivity index (χ3n) is 5.17. The predicted molar refractivity (Wildman–Crippen MR) is 128 cm³/mol. The van der Waals surface area contributed by atoms with Gasteiger partial charge in [0, 0.05) is 30.2 Å². The van der Waals surface area contributed by atoms with Crippen molar-refractivity contribution in [3.63, 3.8) is 0 Å². The number of nitrogens with zero attached hydrogens (tertiary/aromatic N) is 4. The summed E-state index contributed by atoms with van der Waals surface area (Å²) < 4.78 is 1.99. The highest BCUT2D eigenvalue weighted by Gasteiger charge is 2.17. The van der Waals surface area contributed by atoms with Crippen LogP contribution < -0.4 is 5.32 Å². The lowest BCUT2D eigenvalue weighted by molar-refractivity contribution is -0.118. The van der Waals surface area contributed by atoms with E-state index in [0.29, 0.717) is 11.7 Å². The van der Waals surface area contributed by atoms with E-state index in [-0.39, 0.29) is 17.6 Å². The van der Waals surface area contributed by atoms with Crippen molar-refractivity contribution < 1.29 is 4.79 Å². The molecule has 32 heavy (non-hydrogen) atoms. The fourth-order valence-corrected chi connectivity index (χ4v) is 4.11. The van der Waals surface area contributed by atoms with Crippen LogP contribution in [0, 0.1) is 6.92 Å². The van der Waals surface area contributed by atoms with Crippen molar-refractivity contribution in [3.8, 4) is 17.1 Å². The average molecular weight is 444 g/mol. The van der Waals surface area contributed by atoms with Crippen molar-refractivity contribution in [2.45, 2.75) is 24.9 Å². The predicted octanol–water partition coefficient (Wildman–Crippen LogP) is 4.65. The summed E-state index contributed by atoms with van der Waals surface area (Å²) in [6.45, 7) is 4.75. The van der Waals surface area contributed by atoms with Gasteiger partial charge in [-0.3, -0.25) is 14.3 Å². The fourth-order valence-electron chi connectivity index (χ4n) is 3.33. The normalized spacial score (nSPS) is 11.8. The van der Waals surface area contributed by atoms with Crippen LogP contribution in [0.4, 0.5) is 0 Å². The molecule has 0 saturated heterocycles. The Kier molecular flexibility index (Phi) is 6.97. The molecule has 0 aliphatic heterocycles. The van der Waals surface area contributed by atoms with Crippen molar-refractivity contribution >= 4 is 17.7 Å². The van der Waals surface area contributed by atoms with Crippen molar-refractivity contribution in [3.05, 3.63) is 90.3 Å². The maximum Gasteiger partial charge on any atom is 0.230 e. The van der Waals surface area contributed by atoms with Gasteiger partial charge in [0.2, 0.25) is 5.91 Å². The molecule has 1 amide bonds. The summed E-state index contributed by atoms with van der Waals surface area (Å²) in [6, 6.07) is 22.2. The molecule has 4 rings (SSSR count). The molecule has 0 aliphatic rings. The van der Waals surface area contributed by atoms with Crippen LogP contribution >= 0.6 is 11.8 Å². The molecule has 1 atom stereocenters. The number of benzene rings is 2. The smallest absolute Gasteiger partial charge is 0.230 e. The summed E-state index contributed by atoms with van der Waals surface area (Å²) in [4.78, 5) is 16.6. The second-order valence-corrected chi connectivity index (χ2v) is 8.56. The summed E-state index contributed by atoms with van der Waals surface area (Å²) in [5, 5.41) is 12.5. The molecule has 0 aliphatic carbocycles. The van der Waals surface area contributed by atoms with E-state index in [1.165, 1.54) is 22.9 Å². The van der Waals surface area contributed by atoms with Crippen molar-refractivity contribution in [2.24, 2.45) is 0 Å². The molecule has 1 unspecified atom stereocenters. The van der Waals surface area contributed by atoms with Gasteiger partial charge in [0.1, 0.15) is 0 Å². The molecule has 2 heterocycles. The Labute approximate surface area is 192 Å². The van der Waals surface area contributed by atoms with E-state index < -0.39 is 0 Å². The maximum atomic E-state index is 12.5. The molecule has 7 heteroatoms. The Morgan fingerprint density at radius 1 is 1.00 bits per heavy atom. The van der Waals surface area contributed by atoms with Gasteiger partial charge in [-0.05, 0) is 42.7 Å². The lowest BCUT2D eigenvalue weighted by Gasteiger charge is -2.13. The highest BCUT2D eigenvalue weighted by molar-refractivity contribution is 7.99. The molecule has 2 aromatic carbocycles. The highest BCUT2D eigenvalue weighted by Crippen LogP contribution is 2.27. The van der Waals surface area contributed by atoms with Gasteiger partial charge < -0.3 is 5.32 Å². The van der Waals surface area contributed by atoms with E-state index in [9.17, 15) is 4.79 Å². The molecule has 0 saturated carbocycles. The van der Waals surface area contributed by atoms with Crippen LogP contribution in [-0.4, -0.2) is 38.0 Å². The van der Waals surface area contributed by atoms with Crippen LogP contribution in [0.2, 0.25) is 0 Å². The van der Waals surface area contributed by atoms with Crippen LogP contribution in [0.1, 0.15) is 24.0 Å². The second-order valence-electron chi connectivity index (χ2n) is 7.62. The van der Waals surface area contributed by atoms with Crippen molar-refractivity contribution in [1.29, 1.82) is 0 Å². The molecule has 0 radical (unpaired) electrons. The molecule has 6 nitrogen and oxygen atoms in total. The van der Waals surface area contributed by atoms with E-state index in [0.717, 1.165) is 17.1 Å². The molecule has 0 bridgehead atoms. The Balaban J connectivity index is 1.48. The first kappa shape index (κ1) is 21.8. The van der Waals surface area contributed by atoms with E-state index >= 15 is 0 Å². The number of hydrogen-bond acceptors (Lipinski definition) is 5.